The highest BCUT2D eigenvalue weighted by atomic mass is 19.4. The van der Waals surface area contributed by atoms with Crippen molar-refractivity contribution in [3.8, 4) is 0 Å². The van der Waals surface area contributed by atoms with Gasteiger partial charge in [0.15, 0.2) is 0 Å². The Morgan fingerprint density at radius 2 is 1.69 bits per heavy atom. The maximum Gasteiger partial charge on any atom is 0.416 e. The first-order valence-electron chi connectivity index (χ1n) is 11.3. The minimum Gasteiger partial charge on any atom is -0.389 e. The van der Waals surface area contributed by atoms with Gasteiger partial charge in [-0.1, -0.05) is 0 Å². The zero-order valence-corrected chi connectivity index (χ0v) is 19.4. The van der Waals surface area contributed by atoms with E-state index in [1.807, 2.05) is 0 Å². The van der Waals surface area contributed by atoms with Crippen molar-refractivity contribution in [1.82, 2.24) is 10.6 Å². The van der Waals surface area contributed by atoms with E-state index in [0.717, 1.165) is 0 Å². The summed E-state index contributed by atoms with van der Waals surface area (Å²) in [6.07, 6.45) is -9.22. The predicted molar refractivity (Wildman–Crippen MR) is 113 cm³/mol. The number of ether oxygens (including phenoxy) is 1. The number of halogens is 6. The first kappa shape index (κ1) is 27.7. The first-order valence-corrected chi connectivity index (χ1v) is 11.3. The van der Waals surface area contributed by atoms with Crippen LogP contribution in [0.2, 0.25) is 0 Å². The Hall–Kier alpha value is -1.89. The SMILES string of the molecule is CC(C)(O)[C@]1(C(=O)NCc2cc(C(F)(F)F)cc(C(F)(F)F)c2)CC[C@@H](NC2CCOCC2O)C1. The Balaban J connectivity index is 1.77. The Bertz CT molecular complexity index is 882. The molecule has 1 aliphatic heterocycles. The van der Waals surface area contributed by atoms with Gasteiger partial charge in [-0.25, -0.2) is 0 Å². The summed E-state index contributed by atoms with van der Waals surface area (Å²) in [7, 11) is 0. The molecule has 4 N–H and O–H groups in total. The second kappa shape index (κ2) is 9.87. The normalized spacial score (nSPS) is 28.2. The number of nitrogens with one attached hydrogen (secondary N) is 2. The number of amides is 1. The van der Waals surface area contributed by atoms with E-state index in [-0.39, 0.29) is 43.2 Å². The summed E-state index contributed by atoms with van der Waals surface area (Å²) in [6.45, 7) is 2.98. The molecule has 35 heavy (non-hydrogen) atoms. The van der Waals surface area contributed by atoms with Crippen molar-refractivity contribution in [2.24, 2.45) is 5.41 Å². The summed E-state index contributed by atoms with van der Waals surface area (Å²) in [6, 6.07) is 0.688. The molecule has 0 aromatic heterocycles. The van der Waals surface area contributed by atoms with E-state index < -0.39 is 53.1 Å². The Labute approximate surface area is 199 Å². The van der Waals surface area contributed by atoms with E-state index in [4.69, 9.17) is 4.74 Å². The number of alkyl halides is 6. The quantitative estimate of drug-likeness (QED) is 0.439. The fraction of sp³-hybridized carbons (Fsp3) is 0.696. The van der Waals surface area contributed by atoms with Crippen molar-refractivity contribution in [2.45, 2.75) is 82.2 Å². The maximum atomic E-state index is 13.2. The molecule has 2 aliphatic rings. The van der Waals surface area contributed by atoms with Gasteiger partial charge in [-0.15, -0.1) is 0 Å². The Morgan fingerprint density at radius 1 is 1.09 bits per heavy atom. The number of rotatable bonds is 6. The van der Waals surface area contributed by atoms with Crippen LogP contribution in [0.4, 0.5) is 26.3 Å². The first-order chi connectivity index (χ1) is 16.0. The molecule has 198 valence electrons. The fourth-order valence-corrected chi connectivity index (χ4v) is 4.92. The molecule has 3 rings (SSSR count). The van der Waals surface area contributed by atoms with E-state index in [2.05, 4.69) is 10.6 Å². The van der Waals surface area contributed by atoms with Crippen molar-refractivity contribution < 1.29 is 46.1 Å². The van der Waals surface area contributed by atoms with Crippen LogP contribution in [-0.4, -0.2) is 53.1 Å². The smallest absolute Gasteiger partial charge is 0.389 e. The summed E-state index contributed by atoms with van der Waals surface area (Å²) in [5.74, 6) is -0.659. The zero-order valence-electron chi connectivity index (χ0n) is 19.4. The summed E-state index contributed by atoms with van der Waals surface area (Å²) in [4.78, 5) is 13.2. The molecule has 1 aromatic carbocycles. The summed E-state index contributed by atoms with van der Waals surface area (Å²) in [5.41, 5.74) is -6.13. The zero-order chi connectivity index (χ0) is 26.2. The van der Waals surface area contributed by atoms with Crippen molar-refractivity contribution >= 4 is 5.91 Å². The highest BCUT2D eigenvalue weighted by Gasteiger charge is 2.54. The molecular formula is C23H30F6N2O4. The topological polar surface area (TPSA) is 90.8 Å². The third-order valence-corrected chi connectivity index (χ3v) is 7.00. The summed E-state index contributed by atoms with van der Waals surface area (Å²) < 4.78 is 84.1. The Morgan fingerprint density at radius 3 is 2.20 bits per heavy atom. The molecule has 1 heterocycles. The molecule has 1 aromatic rings. The second-order valence-electron chi connectivity index (χ2n) is 9.88. The number of carbonyl (C=O) groups is 1. The molecular weight excluding hydrogens is 482 g/mol. The number of carbonyl (C=O) groups excluding carboxylic acids is 1. The highest BCUT2D eigenvalue weighted by Crippen LogP contribution is 2.47. The Kier molecular flexibility index (Phi) is 7.81. The van der Waals surface area contributed by atoms with Gasteiger partial charge in [0.2, 0.25) is 5.91 Å². The number of hydrogen-bond donors (Lipinski definition) is 4. The predicted octanol–water partition coefficient (Wildman–Crippen LogP) is 3.39. The number of hydrogen-bond acceptors (Lipinski definition) is 5. The molecule has 0 spiro atoms. The molecule has 6 nitrogen and oxygen atoms in total. The molecule has 1 saturated carbocycles. The van der Waals surface area contributed by atoms with Crippen LogP contribution in [0.3, 0.4) is 0 Å². The second-order valence-corrected chi connectivity index (χ2v) is 9.88. The lowest BCUT2D eigenvalue weighted by atomic mass is 9.71. The van der Waals surface area contributed by atoms with Gasteiger partial charge < -0.3 is 25.6 Å². The summed E-state index contributed by atoms with van der Waals surface area (Å²) in [5, 5.41) is 26.7. The van der Waals surface area contributed by atoms with Gasteiger partial charge in [-0.05, 0) is 63.3 Å². The van der Waals surface area contributed by atoms with Gasteiger partial charge in [-0.3, -0.25) is 4.79 Å². The lowest BCUT2D eigenvalue weighted by molar-refractivity contribution is -0.146. The molecule has 0 bridgehead atoms. The van der Waals surface area contributed by atoms with Crippen LogP contribution in [0.25, 0.3) is 0 Å². The molecule has 1 saturated heterocycles. The summed E-state index contributed by atoms with van der Waals surface area (Å²) >= 11 is 0. The number of aliphatic hydroxyl groups excluding tert-OH is 1. The van der Waals surface area contributed by atoms with Crippen LogP contribution < -0.4 is 10.6 Å². The minimum absolute atomic E-state index is 0.0294. The van der Waals surface area contributed by atoms with E-state index in [0.29, 0.717) is 31.6 Å². The highest BCUT2D eigenvalue weighted by molar-refractivity contribution is 5.84. The van der Waals surface area contributed by atoms with Gasteiger partial charge in [0.25, 0.3) is 0 Å². The van der Waals surface area contributed by atoms with Crippen molar-refractivity contribution in [3.63, 3.8) is 0 Å². The van der Waals surface area contributed by atoms with Crippen LogP contribution in [0, 0.1) is 5.41 Å². The van der Waals surface area contributed by atoms with E-state index in [1.165, 1.54) is 13.8 Å². The lowest BCUT2D eigenvalue weighted by Gasteiger charge is -2.39. The van der Waals surface area contributed by atoms with E-state index in [1.54, 1.807) is 0 Å². The van der Waals surface area contributed by atoms with Gasteiger partial charge >= 0.3 is 12.4 Å². The van der Waals surface area contributed by atoms with Crippen molar-refractivity contribution in [2.75, 3.05) is 13.2 Å². The maximum absolute atomic E-state index is 13.2. The number of aliphatic hydroxyl groups is 2. The van der Waals surface area contributed by atoms with Crippen LogP contribution in [-0.2, 0) is 28.4 Å². The molecule has 2 fully saturated rings. The van der Waals surface area contributed by atoms with E-state index in [9.17, 15) is 41.4 Å². The minimum atomic E-state index is -4.99. The van der Waals surface area contributed by atoms with Gasteiger partial charge in [0.05, 0.1) is 34.9 Å². The number of benzene rings is 1. The van der Waals surface area contributed by atoms with E-state index >= 15 is 0 Å². The van der Waals surface area contributed by atoms with Crippen LogP contribution in [0.1, 0.15) is 56.2 Å². The van der Waals surface area contributed by atoms with Gasteiger partial charge in [0, 0.05) is 25.2 Å². The van der Waals surface area contributed by atoms with Crippen LogP contribution in [0.15, 0.2) is 18.2 Å². The van der Waals surface area contributed by atoms with Crippen molar-refractivity contribution in [3.05, 3.63) is 34.9 Å². The monoisotopic (exact) mass is 512 g/mol. The molecule has 0 radical (unpaired) electrons. The molecule has 2 unspecified atom stereocenters. The third kappa shape index (κ3) is 6.28. The van der Waals surface area contributed by atoms with Gasteiger partial charge in [-0.2, -0.15) is 26.3 Å². The van der Waals surface area contributed by atoms with Gasteiger partial charge in [0.1, 0.15) is 0 Å². The molecule has 1 aliphatic carbocycles. The van der Waals surface area contributed by atoms with Crippen LogP contribution >= 0.6 is 0 Å². The molecule has 4 atom stereocenters. The van der Waals surface area contributed by atoms with Crippen molar-refractivity contribution in [1.29, 1.82) is 0 Å². The standard InChI is InChI=1S/C23H30F6N2O4/c1-20(2,34)21(5-3-16(10-21)31-17-4-6-35-12-18(17)32)19(33)30-11-13-7-14(22(24,25)26)9-15(8-13)23(27,28)29/h7-9,16-18,31-32,34H,3-6,10-12H2,1-2H3,(H,30,33)/t16-,17?,18?,21-/m1/s1. The third-order valence-electron chi connectivity index (χ3n) is 7.00. The average molecular weight is 512 g/mol. The largest absolute Gasteiger partial charge is 0.416 e. The lowest BCUT2D eigenvalue weighted by Crippen LogP contribution is -2.54. The molecule has 12 heteroatoms. The molecule has 1 amide bonds. The fourth-order valence-electron chi connectivity index (χ4n) is 4.92. The van der Waals surface area contributed by atoms with Crippen LogP contribution in [0.5, 0.6) is 0 Å². The average Bonchev–Trinajstić information content (AvgIpc) is 3.17.